The molecule has 1 unspecified atom stereocenters. The number of hydrogen-bond acceptors (Lipinski definition) is 3. The third-order valence-electron chi connectivity index (χ3n) is 4.44. The second-order valence-corrected chi connectivity index (χ2v) is 8.22. The Balaban J connectivity index is 1.99. The molecule has 2 aromatic rings. The third kappa shape index (κ3) is 3.60. The van der Waals surface area contributed by atoms with Crippen LogP contribution in [0.15, 0.2) is 53.4 Å². The molecule has 0 amide bonds. The molecule has 0 spiro atoms. The lowest BCUT2D eigenvalue weighted by Gasteiger charge is -2.28. The van der Waals surface area contributed by atoms with Crippen LogP contribution >= 0.6 is 0 Å². The van der Waals surface area contributed by atoms with Gasteiger partial charge in [-0.25, -0.2) is 12.8 Å². The van der Waals surface area contributed by atoms with E-state index in [4.69, 9.17) is 5.73 Å². The van der Waals surface area contributed by atoms with E-state index < -0.39 is 15.8 Å². The van der Waals surface area contributed by atoms with Gasteiger partial charge in [0, 0.05) is 18.3 Å². The van der Waals surface area contributed by atoms with Crippen LogP contribution in [0.2, 0.25) is 0 Å². The molecule has 4 nitrogen and oxygen atoms in total. The van der Waals surface area contributed by atoms with Crippen molar-refractivity contribution < 1.29 is 12.8 Å². The van der Waals surface area contributed by atoms with Crippen molar-refractivity contribution in [2.24, 2.45) is 5.92 Å². The van der Waals surface area contributed by atoms with Gasteiger partial charge in [-0.3, -0.25) is 0 Å². The molecule has 1 fully saturated rings. The minimum atomic E-state index is -3.84. The Morgan fingerprint density at radius 1 is 1.21 bits per heavy atom. The zero-order valence-electron chi connectivity index (χ0n) is 13.5. The van der Waals surface area contributed by atoms with E-state index in [0.717, 1.165) is 30.5 Å². The molecular formula is C18H21FN2O2S. The summed E-state index contributed by atoms with van der Waals surface area (Å²) in [5, 5.41) is 0. The molecule has 0 saturated heterocycles. The van der Waals surface area contributed by atoms with Crippen LogP contribution in [0.4, 0.5) is 10.1 Å². The summed E-state index contributed by atoms with van der Waals surface area (Å²) in [4.78, 5) is -0.0940. The first-order valence-electron chi connectivity index (χ1n) is 8.00. The van der Waals surface area contributed by atoms with Gasteiger partial charge in [0.05, 0.1) is 4.90 Å². The van der Waals surface area contributed by atoms with Gasteiger partial charge in [-0.15, -0.1) is 0 Å². The van der Waals surface area contributed by atoms with Crippen molar-refractivity contribution in [1.29, 1.82) is 0 Å². The van der Waals surface area contributed by atoms with Crippen LogP contribution in [0.5, 0.6) is 0 Å². The minimum absolute atomic E-state index is 0.0940. The molecule has 6 heteroatoms. The summed E-state index contributed by atoms with van der Waals surface area (Å²) in [6.07, 6.45) is 2.04. The summed E-state index contributed by atoms with van der Waals surface area (Å²) in [7, 11) is -3.84. The first-order valence-corrected chi connectivity index (χ1v) is 9.44. The average Bonchev–Trinajstić information content (AvgIpc) is 3.37. The van der Waals surface area contributed by atoms with Crippen LogP contribution in [0.3, 0.4) is 0 Å². The van der Waals surface area contributed by atoms with Gasteiger partial charge in [0.25, 0.3) is 0 Å². The summed E-state index contributed by atoms with van der Waals surface area (Å²) >= 11 is 0. The van der Waals surface area contributed by atoms with Crippen LogP contribution in [0.1, 0.15) is 25.3 Å². The van der Waals surface area contributed by atoms with Gasteiger partial charge in [-0.2, -0.15) is 4.31 Å². The highest BCUT2D eigenvalue weighted by atomic mass is 32.2. The fourth-order valence-corrected chi connectivity index (χ4v) is 4.64. The molecular weight excluding hydrogens is 327 g/mol. The Hall–Kier alpha value is -1.92. The van der Waals surface area contributed by atoms with Gasteiger partial charge in [0.2, 0.25) is 10.0 Å². The minimum Gasteiger partial charge on any atom is -0.399 e. The topological polar surface area (TPSA) is 63.4 Å². The summed E-state index contributed by atoms with van der Waals surface area (Å²) < 4.78 is 41.4. The van der Waals surface area contributed by atoms with Crippen molar-refractivity contribution >= 4 is 15.7 Å². The molecule has 1 saturated carbocycles. The highest BCUT2D eigenvalue weighted by Gasteiger charge is 2.38. The van der Waals surface area contributed by atoms with E-state index in [-0.39, 0.29) is 23.2 Å². The smallest absolute Gasteiger partial charge is 0.243 e. The largest absolute Gasteiger partial charge is 0.399 e. The molecule has 128 valence electrons. The van der Waals surface area contributed by atoms with Gasteiger partial charge in [-0.05, 0) is 49.4 Å². The SMILES string of the molecule is CC(C1CC1)N(Cc1ccccc1)S(=O)(=O)c1cc(N)cc(F)c1. The lowest BCUT2D eigenvalue weighted by molar-refractivity contribution is 0.303. The number of anilines is 1. The second-order valence-electron chi connectivity index (χ2n) is 6.33. The first kappa shape index (κ1) is 16.9. The maximum Gasteiger partial charge on any atom is 0.243 e. The third-order valence-corrected chi connectivity index (χ3v) is 6.35. The van der Waals surface area contributed by atoms with Crippen LogP contribution in [-0.4, -0.2) is 18.8 Å². The quantitative estimate of drug-likeness (QED) is 0.814. The normalized spacial score (nSPS) is 16.3. The van der Waals surface area contributed by atoms with Crippen LogP contribution in [-0.2, 0) is 16.6 Å². The summed E-state index contributed by atoms with van der Waals surface area (Å²) in [5.41, 5.74) is 6.64. The van der Waals surface area contributed by atoms with Gasteiger partial charge in [-0.1, -0.05) is 30.3 Å². The van der Waals surface area contributed by atoms with Crippen LogP contribution in [0.25, 0.3) is 0 Å². The average molecular weight is 348 g/mol. The Bertz CT molecular complexity index is 800. The lowest BCUT2D eigenvalue weighted by Crippen LogP contribution is -2.39. The molecule has 2 aromatic carbocycles. The lowest BCUT2D eigenvalue weighted by atomic mass is 10.2. The first-order chi connectivity index (χ1) is 11.4. The molecule has 0 aromatic heterocycles. The number of rotatable bonds is 6. The van der Waals surface area contributed by atoms with Crippen molar-refractivity contribution in [2.45, 2.75) is 37.2 Å². The second kappa shape index (κ2) is 6.53. The predicted molar refractivity (Wildman–Crippen MR) is 92.2 cm³/mol. The van der Waals surface area contributed by atoms with Gasteiger partial charge >= 0.3 is 0 Å². The summed E-state index contributed by atoms with van der Waals surface area (Å²) in [5.74, 6) is -0.290. The molecule has 0 radical (unpaired) electrons. The molecule has 3 rings (SSSR count). The number of nitrogens with two attached hydrogens (primary N) is 1. The predicted octanol–water partition coefficient (Wildman–Crippen LogP) is 3.40. The van der Waals surface area contributed by atoms with Gasteiger partial charge in [0.1, 0.15) is 5.82 Å². The Morgan fingerprint density at radius 2 is 1.88 bits per heavy atom. The zero-order valence-corrected chi connectivity index (χ0v) is 14.3. The fraction of sp³-hybridized carbons (Fsp3) is 0.333. The number of hydrogen-bond donors (Lipinski definition) is 1. The molecule has 0 bridgehead atoms. The van der Waals surface area contributed by atoms with Crippen molar-refractivity contribution in [3.63, 3.8) is 0 Å². The fourth-order valence-electron chi connectivity index (χ4n) is 2.89. The maximum atomic E-state index is 13.7. The maximum absolute atomic E-state index is 13.7. The van der Waals surface area contributed by atoms with E-state index in [9.17, 15) is 12.8 Å². The highest BCUT2D eigenvalue weighted by molar-refractivity contribution is 7.89. The molecule has 1 aliphatic rings. The molecule has 24 heavy (non-hydrogen) atoms. The Kier molecular flexibility index (Phi) is 4.60. The van der Waals surface area contributed by atoms with E-state index in [1.807, 2.05) is 37.3 Å². The van der Waals surface area contributed by atoms with Gasteiger partial charge < -0.3 is 5.73 Å². The molecule has 2 N–H and O–H groups in total. The van der Waals surface area contributed by atoms with Crippen molar-refractivity contribution in [2.75, 3.05) is 5.73 Å². The molecule has 1 aliphatic carbocycles. The number of nitrogens with zero attached hydrogens (tertiary/aromatic N) is 1. The van der Waals surface area contributed by atoms with E-state index in [1.165, 1.54) is 10.4 Å². The highest BCUT2D eigenvalue weighted by Crippen LogP contribution is 2.38. The number of benzene rings is 2. The Labute approximate surface area is 142 Å². The van der Waals surface area contributed by atoms with E-state index >= 15 is 0 Å². The number of halogens is 1. The number of sulfonamides is 1. The monoisotopic (exact) mass is 348 g/mol. The van der Waals surface area contributed by atoms with Crippen molar-refractivity contribution in [1.82, 2.24) is 4.31 Å². The standard InChI is InChI=1S/C18H21FN2O2S/c1-13(15-7-8-15)21(12-14-5-3-2-4-6-14)24(22,23)18-10-16(19)9-17(20)11-18/h2-6,9-11,13,15H,7-8,12,20H2,1H3. The van der Waals surface area contributed by atoms with Crippen LogP contribution in [0, 0.1) is 11.7 Å². The van der Waals surface area contributed by atoms with E-state index in [0.29, 0.717) is 5.92 Å². The van der Waals surface area contributed by atoms with Crippen LogP contribution < -0.4 is 5.73 Å². The summed E-state index contributed by atoms with van der Waals surface area (Å²) in [6.45, 7) is 2.18. The van der Waals surface area contributed by atoms with Gasteiger partial charge in [0.15, 0.2) is 0 Å². The molecule has 1 atom stereocenters. The Morgan fingerprint density at radius 3 is 2.46 bits per heavy atom. The zero-order chi connectivity index (χ0) is 17.3. The molecule has 0 heterocycles. The van der Waals surface area contributed by atoms with Crippen molar-refractivity contribution in [3.8, 4) is 0 Å². The summed E-state index contributed by atoms with van der Waals surface area (Å²) in [6, 6.07) is 12.7. The van der Waals surface area contributed by atoms with Crippen molar-refractivity contribution in [3.05, 3.63) is 59.9 Å². The van der Waals surface area contributed by atoms with E-state index in [1.54, 1.807) is 0 Å². The molecule has 0 aliphatic heterocycles. The van der Waals surface area contributed by atoms with E-state index in [2.05, 4.69) is 0 Å². The number of nitrogen functional groups attached to an aromatic ring is 1.